The SMILES string of the molecule is CONc1cc(SNc2ncnc3cc(N4CCN(Cc5ccccc5-c5ccc(Cl)cc5)CC4)ccc23)ccc1N. The lowest BCUT2D eigenvalue weighted by Gasteiger charge is -2.36. The standard InChI is InChI=1S/C32H32ClN7OS/c1-41-37-31-19-26(11-13-29(31)34)42-38-32-28-12-10-25(18-30(28)35-21-36-32)40-16-14-39(15-17-40)20-23-4-2-3-5-27(23)22-6-8-24(33)9-7-22/h2-13,18-19,21,37H,14-17,20,34H2,1H3,(H,35,36,38). The van der Waals surface area contributed by atoms with Crippen molar-refractivity contribution < 1.29 is 4.84 Å². The fourth-order valence-corrected chi connectivity index (χ4v) is 6.02. The highest BCUT2D eigenvalue weighted by molar-refractivity contribution is 8.00. The summed E-state index contributed by atoms with van der Waals surface area (Å²) < 4.78 is 3.37. The predicted molar refractivity (Wildman–Crippen MR) is 175 cm³/mol. The summed E-state index contributed by atoms with van der Waals surface area (Å²) in [6.07, 6.45) is 1.60. The number of aromatic nitrogens is 2. The monoisotopic (exact) mass is 597 g/mol. The number of nitrogen functional groups attached to an aromatic ring is 1. The lowest BCUT2D eigenvalue weighted by atomic mass is 9.99. The summed E-state index contributed by atoms with van der Waals surface area (Å²) in [5.74, 6) is 0.763. The van der Waals surface area contributed by atoms with Crippen molar-refractivity contribution in [3.63, 3.8) is 0 Å². The summed E-state index contributed by atoms with van der Waals surface area (Å²) in [6, 6.07) is 28.9. The summed E-state index contributed by atoms with van der Waals surface area (Å²) in [5, 5.41) is 1.73. The molecule has 0 saturated carbocycles. The van der Waals surface area contributed by atoms with Crippen LogP contribution in [0.15, 0.2) is 96.2 Å². The van der Waals surface area contributed by atoms with Crippen molar-refractivity contribution in [1.29, 1.82) is 0 Å². The quantitative estimate of drug-likeness (QED) is 0.0948. The zero-order valence-electron chi connectivity index (χ0n) is 23.3. The number of hydrogen-bond acceptors (Lipinski definition) is 9. The van der Waals surface area contributed by atoms with Gasteiger partial charge in [0, 0.05) is 53.7 Å². The van der Waals surface area contributed by atoms with E-state index in [1.165, 1.54) is 34.3 Å². The van der Waals surface area contributed by atoms with Gasteiger partial charge in [0.25, 0.3) is 0 Å². The molecule has 42 heavy (non-hydrogen) atoms. The molecular formula is C32H32ClN7OS. The molecule has 5 aromatic rings. The Hall–Kier alpha value is -4.02. The Balaban J connectivity index is 1.10. The molecule has 1 fully saturated rings. The first kappa shape index (κ1) is 28.1. The van der Waals surface area contributed by atoms with Crippen LogP contribution in [0.4, 0.5) is 22.9 Å². The number of nitrogens with zero attached hydrogens (tertiary/aromatic N) is 4. The number of nitrogens with two attached hydrogens (primary N) is 1. The van der Waals surface area contributed by atoms with Crippen LogP contribution in [0.3, 0.4) is 0 Å². The Labute approximate surface area is 254 Å². The van der Waals surface area contributed by atoms with Crippen LogP contribution in [0.2, 0.25) is 5.02 Å². The number of nitrogens with one attached hydrogen (secondary N) is 2. The van der Waals surface area contributed by atoms with Crippen molar-refractivity contribution in [3.8, 4) is 11.1 Å². The van der Waals surface area contributed by atoms with E-state index in [1.807, 2.05) is 30.3 Å². The van der Waals surface area contributed by atoms with E-state index >= 15 is 0 Å². The van der Waals surface area contributed by atoms with Gasteiger partial charge >= 0.3 is 0 Å². The smallest absolute Gasteiger partial charge is 0.147 e. The number of hydrogen-bond donors (Lipinski definition) is 3. The molecule has 1 aliphatic heterocycles. The van der Waals surface area contributed by atoms with Gasteiger partial charge in [-0.25, -0.2) is 9.97 Å². The topological polar surface area (TPSA) is 91.6 Å². The molecule has 0 spiro atoms. The minimum Gasteiger partial charge on any atom is -0.397 e. The lowest BCUT2D eigenvalue weighted by molar-refractivity contribution is 0.250. The molecule has 4 aromatic carbocycles. The number of rotatable bonds is 9. The largest absolute Gasteiger partial charge is 0.397 e. The zero-order valence-corrected chi connectivity index (χ0v) is 24.8. The van der Waals surface area contributed by atoms with Crippen LogP contribution < -0.4 is 20.8 Å². The van der Waals surface area contributed by atoms with Crippen molar-refractivity contribution in [2.45, 2.75) is 11.4 Å². The van der Waals surface area contributed by atoms with Crippen molar-refractivity contribution in [2.75, 3.05) is 54.1 Å². The summed E-state index contributed by atoms with van der Waals surface area (Å²) in [7, 11) is 1.56. The molecule has 0 bridgehead atoms. The maximum absolute atomic E-state index is 6.12. The fraction of sp³-hybridized carbons (Fsp3) is 0.188. The van der Waals surface area contributed by atoms with Crippen LogP contribution in [-0.4, -0.2) is 48.2 Å². The molecule has 0 amide bonds. The summed E-state index contributed by atoms with van der Waals surface area (Å²) in [6.45, 7) is 4.80. The number of benzene rings is 4. The van der Waals surface area contributed by atoms with Gasteiger partial charge in [-0.05, 0) is 77.2 Å². The average molecular weight is 598 g/mol. The first-order valence-electron chi connectivity index (χ1n) is 13.7. The minimum absolute atomic E-state index is 0.616. The lowest BCUT2D eigenvalue weighted by Crippen LogP contribution is -2.46. The first-order chi connectivity index (χ1) is 20.6. The van der Waals surface area contributed by atoms with Crippen LogP contribution in [0.1, 0.15) is 5.56 Å². The first-order valence-corrected chi connectivity index (χ1v) is 14.9. The normalized spacial score (nSPS) is 13.8. The molecule has 1 aromatic heterocycles. The van der Waals surface area contributed by atoms with E-state index in [-0.39, 0.29) is 0 Å². The van der Waals surface area contributed by atoms with E-state index in [4.69, 9.17) is 22.2 Å². The third kappa shape index (κ3) is 6.39. The molecule has 0 atom stereocenters. The van der Waals surface area contributed by atoms with Gasteiger partial charge in [-0.1, -0.05) is 48.0 Å². The van der Waals surface area contributed by atoms with Crippen molar-refractivity contribution >= 4 is 57.3 Å². The zero-order chi connectivity index (χ0) is 28.9. The molecule has 4 N–H and O–H groups in total. The summed E-state index contributed by atoms with van der Waals surface area (Å²) in [4.78, 5) is 20.0. The van der Waals surface area contributed by atoms with Gasteiger partial charge in [0.1, 0.15) is 12.1 Å². The maximum atomic E-state index is 6.12. The Morgan fingerprint density at radius 2 is 1.74 bits per heavy atom. The predicted octanol–water partition coefficient (Wildman–Crippen LogP) is 6.95. The number of fused-ring (bicyclic) bond motifs is 1. The fourth-order valence-electron chi connectivity index (χ4n) is 5.20. The Morgan fingerprint density at radius 1 is 0.929 bits per heavy atom. The Morgan fingerprint density at radius 3 is 2.55 bits per heavy atom. The number of piperazine rings is 1. The van der Waals surface area contributed by atoms with E-state index < -0.39 is 0 Å². The molecule has 214 valence electrons. The Kier molecular flexibility index (Phi) is 8.62. The molecule has 6 rings (SSSR count). The van der Waals surface area contributed by atoms with Crippen molar-refractivity contribution in [1.82, 2.24) is 14.9 Å². The molecular weight excluding hydrogens is 566 g/mol. The van der Waals surface area contributed by atoms with Crippen LogP contribution in [0.25, 0.3) is 22.0 Å². The van der Waals surface area contributed by atoms with Gasteiger partial charge in [-0.2, -0.15) is 0 Å². The minimum atomic E-state index is 0.616. The van der Waals surface area contributed by atoms with Gasteiger partial charge in [-0.15, -0.1) is 0 Å². The van der Waals surface area contributed by atoms with Gasteiger partial charge in [0.15, 0.2) is 0 Å². The highest BCUT2D eigenvalue weighted by Crippen LogP contribution is 2.31. The highest BCUT2D eigenvalue weighted by Gasteiger charge is 2.19. The summed E-state index contributed by atoms with van der Waals surface area (Å²) in [5.41, 5.74) is 16.0. The summed E-state index contributed by atoms with van der Waals surface area (Å²) >= 11 is 7.58. The maximum Gasteiger partial charge on any atom is 0.147 e. The average Bonchev–Trinajstić information content (AvgIpc) is 3.02. The molecule has 2 heterocycles. The molecule has 1 saturated heterocycles. The molecule has 0 radical (unpaired) electrons. The number of anilines is 4. The van der Waals surface area contributed by atoms with Crippen molar-refractivity contribution in [2.24, 2.45) is 0 Å². The second-order valence-electron chi connectivity index (χ2n) is 10.1. The molecule has 8 nitrogen and oxygen atoms in total. The van der Waals surface area contributed by atoms with Crippen molar-refractivity contribution in [3.05, 3.63) is 102 Å². The van der Waals surface area contributed by atoms with E-state index in [0.717, 1.165) is 59.4 Å². The van der Waals surface area contributed by atoms with E-state index in [0.29, 0.717) is 11.4 Å². The van der Waals surface area contributed by atoms with Gasteiger partial charge < -0.3 is 15.4 Å². The molecule has 0 unspecified atom stereocenters. The second-order valence-corrected chi connectivity index (χ2v) is 11.4. The third-order valence-corrected chi connectivity index (χ3v) is 8.46. The van der Waals surface area contributed by atoms with E-state index in [2.05, 4.69) is 84.6 Å². The molecule has 1 aliphatic rings. The van der Waals surface area contributed by atoms with Crippen LogP contribution in [0.5, 0.6) is 0 Å². The van der Waals surface area contributed by atoms with Crippen LogP contribution in [0, 0.1) is 0 Å². The van der Waals surface area contributed by atoms with Gasteiger partial charge in [0.05, 0.1) is 24.0 Å². The van der Waals surface area contributed by atoms with Gasteiger partial charge in [-0.3, -0.25) is 15.2 Å². The number of halogens is 1. The van der Waals surface area contributed by atoms with Crippen LogP contribution >= 0.6 is 23.5 Å². The molecule has 0 aliphatic carbocycles. The third-order valence-electron chi connectivity index (χ3n) is 7.43. The van der Waals surface area contributed by atoms with Crippen LogP contribution in [-0.2, 0) is 11.4 Å². The second kappa shape index (κ2) is 12.9. The highest BCUT2D eigenvalue weighted by atomic mass is 35.5. The van der Waals surface area contributed by atoms with E-state index in [1.54, 1.807) is 13.4 Å². The molecule has 10 heteroatoms. The van der Waals surface area contributed by atoms with Gasteiger partial charge in [0.2, 0.25) is 0 Å². The Bertz CT molecular complexity index is 1680. The van der Waals surface area contributed by atoms with E-state index in [9.17, 15) is 0 Å².